The van der Waals surface area contributed by atoms with E-state index >= 15 is 0 Å². The lowest BCUT2D eigenvalue weighted by molar-refractivity contribution is 0.0889. The van der Waals surface area contributed by atoms with E-state index in [4.69, 9.17) is 11.6 Å². The van der Waals surface area contributed by atoms with Crippen LogP contribution in [0.5, 0.6) is 0 Å². The molecule has 0 aliphatic carbocycles. The average molecular weight is 267 g/mol. The first-order valence-corrected chi connectivity index (χ1v) is 5.96. The summed E-state index contributed by atoms with van der Waals surface area (Å²) in [6.07, 6.45) is 0. The Labute approximate surface area is 111 Å². The Bertz CT molecular complexity index is 557. The quantitative estimate of drug-likeness (QED) is 0.473. The number of carbonyl (C=O) groups excluding carboxylic acids is 1. The molecule has 0 bridgehead atoms. The van der Waals surface area contributed by atoms with Crippen molar-refractivity contribution in [2.24, 2.45) is 9.98 Å². The number of nitrogens with zero attached hydrogens (tertiary/aromatic N) is 3. The van der Waals surface area contributed by atoms with Crippen LogP contribution in [0.25, 0.3) is 0 Å². The van der Waals surface area contributed by atoms with Crippen molar-refractivity contribution < 1.29 is 4.79 Å². The molecule has 18 heavy (non-hydrogen) atoms. The molecular formula is C12H15ClN4O. The van der Waals surface area contributed by atoms with Crippen molar-refractivity contribution in [1.82, 2.24) is 9.88 Å². The zero-order chi connectivity index (χ0) is 13.5. The van der Waals surface area contributed by atoms with E-state index < -0.39 is 0 Å². The Morgan fingerprint density at radius 3 is 2.89 bits per heavy atom. The average Bonchev–Trinajstić information content (AvgIpc) is 2.63. The zero-order valence-corrected chi connectivity index (χ0v) is 11.4. The Hall–Kier alpha value is -1.62. The smallest absolute Gasteiger partial charge is 0.268 e. The van der Waals surface area contributed by atoms with Crippen LogP contribution >= 0.6 is 11.6 Å². The lowest BCUT2D eigenvalue weighted by Crippen LogP contribution is -2.47. The van der Waals surface area contributed by atoms with Gasteiger partial charge in [-0.3, -0.25) is 4.79 Å². The minimum Gasteiger partial charge on any atom is -0.348 e. The predicted molar refractivity (Wildman–Crippen MR) is 73.3 cm³/mol. The number of amides is 1. The van der Waals surface area contributed by atoms with Crippen molar-refractivity contribution in [1.29, 1.82) is 0 Å². The van der Waals surface area contributed by atoms with Crippen molar-refractivity contribution in [3.05, 3.63) is 17.3 Å². The molecular weight excluding hydrogens is 252 g/mol. The Balaban J connectivity index is 2.69. The highest BCUT2D eigenvalue weighted by Crippen LogP contribution is 2.33. The van der Waals surface area contributed by atoms with Crippen LogP contribution in [-0.4, -0.2) is 29.0 Å². The summed E-state index contributed by atoms with van der Waals surface area (Å²) in [7, 11) is 0. The molecule has 1 aromatic rings. The number of aliphatic imine (C=N–C) groups is 2. The highest BCUT2D eigenvalue weighted by Gasteiger charge is 2.34. The summed E-state index contributed by atoms with van der Waals surface area (Å²) in [5, 5.41) is 2.93. The van der Waals surface area contributed by atoms with Gasteiger partial charge in [0.1, 0.15) is 11.5 Å². The van der Waals surface area contributed by atoms with Gasteiger partial charge in [-0.15, -0.1) is 0 Å². The molecule has 0 saturated heterocycles. The van der Waals surface area contributed by atoms with E-state index in [1.54, 1.807) is 0 Å². The lowest BCUT2D eigenvalue weighted by atomic mass is 10.0. The van der Waals surface area contributed by atoms with E-state index in [0.29, 0.717) is 18.1 Å². The van der Waals surface area contributed by atoms with Gasteiger partial charge in [0.05, 0.1) is 5.54 Å². The lowest BCUT2D eigenvalue weighted by Gasteiger charge is -2.34. The van der Waals surface area contributed by atoms with Crippen LogP contribution in [-0.2, 0) is 5.54 Å². The van der Waals surface area contributed by atoms with Crippen LogP contribution < -0.4 is 5.32 Å². The molecule has 1 amide bonds. The van der Waals surface area contributed by atoms with Gasteiger partial charge < -0.3 is 9.88 Å². The van der Waals surface area contributed by atoms with Crippen molar-refractivity contribution in [2.75, 3.05) is 6.54 Å². The second-order valence-corrected chi connectivity index (χ2v) is 5.24. The number of hydrogen-bond acceptors (Lipinski definition) is 2. The first-order valence-electron chi connectivity index (χ1n) is 5.59. The second kappa shape index (κ2) is 4.24. The van der Waals surface area contributed by atoms with Gasteiger partial charge in [0, 0.05) is 6.54 Å². The van der Waals surface area contributed by atoms with Gasteiger partial charge >= 0.3 is 0 Å². The maximum Gasteiger partial charge on any atom is 0.268 e. The van der Waals surface area contributed by atoms with Gasteiger partial charge in [0.25, 0.3) is 5.91 Å². The summed E-state index contributed by atoms with van der Waals surface area (Å²) in [6, 6.07) is 1.81. The SMILES string of the molecule is C=N/C(Cl)=N\c1c(C)cc2n1C(C)(C)CNC2=O. The van der Waals surface area contributed by atoms with E-state index in [1.165, 1.54) is 0 Å². The van der Waals surface area contributed by atoms with E-state index in [1.807, 2.05) is 31.4 Å². The molecule has 0 spiro atoms. The number of hydrogen-bond donors (Lipinski definition) is 1. The molecule has 0 atom stereocenters. The Morgan fingerprint density at radius 2 is 2.28 bits per heavy atom. The molecule has 2 heterocycles. The molecule has 1 N–H and O–H groups in total. The fourth-order valence-electron chi connectivity index (χ4n) is 2.13. The molecule has 2 rings (SSSR count). The van der Waals surface area contributed by atoms with Gasteiger partial charge in [-0.2, -0.15) is 0 Å². The molecule has 0 unspecified atom stereocenters. The molecule has 5 nitrogen and oxygen atoms in total. The monoisotopic (exact) mass is 266 g/mol. The molecule has 1 aromatic heterocycles. The predicted octanol–water partition coefficient (Wildman–Crippen LogP) is 2.20. The summed E-state index contributed by atoms with van der Waals surface area (Å²) in [4.78, 5) is 19.6. The van der Waals surface area contributed by atoms with Gasteiger partial charge in [-0.25, -0.2) is 9.98 Å². The molecule has 0 radical (unpaired) electrons. The van der Waals surface area contributed by atoms with Crippen molar-refractivity contribution >= 4 is 35.3 Å². The number of aryl methyl sites for hydroxylation is 1. The van der Waals surface area contributed by atoms with Crippen LogP contribution in [0.1, 0.15) is 29.9 Å². The summed E-state index contributed by atoms with van der Waals surface area (Å²) in [5.41, 5.74) is 1.22. The summed E-state index contributed by atoms with van der Waals surface area (Å²) in [6.45, 7) is 9.84. The third-order valence-electron chi connectivity index (χ3n) is 3.01. The van der Waals surface area contributed by atoms with Gasteiger partial charge in [0.2, 0.25) is 5.29 Å². The van der Waals surface area contributed by atoms with Gasteiger partial charge in [-0.1, -0.05) is 0 Å². The van der Waals surface area contributed by atoms with E-state index in [2.05, 4.69) is 22.0 Å². The normalized spacial score (nSPS) is 18.2. The van der Waals surface area contributed by atoms with Gasteiger partial charge in [-0.05, 0) is 50.7 Å². The molecule has 0 fully saturated rings. The maximum absolute atomic E-state index is 11.8. The Morgan fingerprint density at radius 1 is 1.61 bits per heavy atom. The summed E-state index contributed by atoms with van der Waals surface area (Å²) < 4.78 is 1.90. The van der Waals surface area contributed by atoms with Crippen molar-refractivity contribution in [3.63, 3.8) is 0 Å². The fraction of sp³-hybridized carbons (Fsp3) is 0.417. The molecule has 0 saturated carbocycles. The minimum atomic E-state index is -0.255. The van der Waals surface area contributed by atoms with E-state index in [0.717, 1.165) is 5.56 Å². The molecule has 0 aromatic carbocycles. The minimum absolute atomic E-state index is 0.0702. The molecule has 1 aliphatic heterocycles. The maximum atomic E-state index is 11.8. The third kappa shape index (κ3) is 1.95. The number of halogens is 1. The molecule has 6 heteroatoms. The summed E-state index contributed by atoms with van der Waals surface area (Å²) >= 11 is 5.81. The number of carbonyl (C=O) groups is 1. The second-order valence-electron chi connectivity index (χ2n) is 4.91. The number of fused-ring (bicyclic) bond motifs is 1. The zero-order valence-electron chi connectivity index (χ0n) is 10.6. The Kier molecular flexibility index (Phi) is 3.02. The third-order valence-corrected chi connectivity index (χ3v) is 3.21. The summed E-state index contributed by atoms with van der Waals surface area (Å²) in [5.74, 6) is 0.559. The van der Waals surface area contributed by atoms with Crippen LogP contribution in [0, 0.1) is 6.92 Å². The van der Waals surface area contributed by atoms with Crippen molar-refractivity contribution in [2.45, 2.75) is 26.3 Å². The van der Waals surface area contributed by atoms with E-state index in [-0.39, 0.29) is 16.7 Å². The molecule has 1 aliphatic rings. The largest absolute Gasteiger partial charge is 0.348 e. The fourth-order valence-corrected chi connectivity index (χ4v) is 2.21. The van der Waals surface area contributed by atoms with Gasteiger partial charge in [0.15, 0.2) is 0 Å². The van der Waals surface area contributed by atoms with Crippen molar-refractivity contribution in [3.8, 4) is 0 Å². The number of rotatable bonds is 1. The van der Waals surface area contributed by atoms with Crippen LogP contribution in [0.3, 0.4) is 0 Å². The first-order chi connectivity index (χ1) is 8.36. The number of aromatic nitrogens is 1. The van der Waals surface area contributed by atoms with Crippen LogP contribution in [0.4, 0.5) is 5.82 Å². The highest BCUT2D eigenvalue weighted by atomic mass is 35.5. The first kappa shape index (κ1) is 12.8. The number of nitrogens with one attached hydrogen (secondary N) is 1. The molecule has 96 valence electrons. The number of amidine groups is 1. The highest BCUT2D eigenvalue weighted by molar-refractivity contribution is 6.65. The standard InChI is InChI=1S/C12H15ClN4O/c1-7-5-8-10(18)15-6-12(2,3)17(8)9(7)16-11(13)14-4/h5H,4,6H2,1-3H3,(H,15,18)/b16-11-. The topological polar surface area (TPSA) is 58.8 Å². The van der Waals surface area contributed by atoms with Crippen LogP contribution in [0.15, 0.2) is 16.1 Å². The van der Waals surface area contributed by atoms with Crippen LogP contribution in [0.2, 0.25) is 0 Å². The van der Waals surface area contributed by atoms with E-state index in [9.17, 15) is 4.79 Å².